The van der Waals surface area contributed by atoms with Gasteiger partial charge in [-0.1, -0.05) is 16.8 Å². The van der Waals surface area contributed by atoms with E-state index in [9.17, 15) is 12.8 Å². The van der Waals surface area contributed by atoms with E-state index >= 15 is 0 Å². The number of aromatic nitrogens is 2. The molecule has 3 rings (SSSR count). The van der Waals surface area contributed by atoms with Gasteiger partial charge < -0.3 is 4.52 Å². The van der Waals surface area contributed by atoms with E-state index in [0.717, 1.165) is 17.4 Å². The van der Waals surface area contributed by atoms with Crippen LogP contribution in [0.5, 0.6) is 0 Å². The van der Waals surface area contributed by atoms with Gasteiger partial charge in [0.1, 0.15) is 10.0 Å². The number of hydrogen-bond acceptors (Lipinski definition) is 6. The SMILES string of the molecule is Cc1nc(-c2csc(S(=O)(=O)Nc3ccc(Cl)cc3F)c2)no1. The minimum atomic E-state index is -3.93. The van der Waals surface area contributed by atoms with E-state index in [2.05, 4.69) is 14.9 Å². The quantitative estimate of drug-likeness (QED) is 0.753. The summed E-state index contributed by atoms with van der Waals surface area (Å²) in [6, 6.07) is 5.07. The largest absolute Gasteiger partial charge is 0.339 e. The van der Waals surface area contributed by atoms with Crippen LogP contribution in [0, 0.1) is 12.7 Å². The summed E-state index contributed by atoms with van der Waals surface area (Å²) in [6.45, 7) is 1.63. The first kappa shape index (κ1) is 15.9. The Bertz CT molecular complexity index is 969. The zero-order chi connectivity index (χ0) is 16.6. The van der Waals surface area contributed by atoms with Crippen LogP contribution in [-0.2, 0) is 10.0 Å². The lowest BCUT2D eigenvalue weighted by atomic mass is 10.3. The van der Waals surface area contributed by atoms with Crippen LogP contribution >= 0.6 is 22.9 Å². The van der Waals surface area contributed by atoms with Crippen LogP contribution in [0.4, 0.5) is 10.1 Å². The molecule has 0 aliphatic carbocycles. The summed E-state index contributed by atoms with van der Waals surface area (Å²) in [6.07, 6.45) is 0. The fourth-order valence-corrected chi connectivity index (χ4v) is 4.14. The molecule has 1 N–H and O–H groups in total. The van der Waals surface area contributed by atoms with Gasteiger partial charge in [0.2, 0.25) is 11.7 Å². The van der Waals surface area contributed by atoms with Crippen molar-refractivity contribution < 1.29 is 17.3 Å². The Morgan fingerprint density at radius 3 is 2.78 bits per heavy atom. The fraction of sp³-hybridized carbons (Fsp3) is 0.0769. The van der Waals surface area contributed by atoms with Crippen molar-refractivity contribution in [2.45, 2.75) is 11.1 Å². The second kappa shape index (κ2) is 5.91. The predicted molar refractivity (Wildman–Crippen MR) is 84.6 cm³/mol. The molecule has 2 heterocycles. The first-order valence-electron chi connectivity index (χ1n) is 6.22. The van der Waals surface area contributed by atoms with E-state index in [0.29, 0.717) is 11.5 Å². The summed E-state index contributed by atoms with van der Waals surface area (Å²) in [5.74, 6) is -0.0958. The molecule has 0 unspecified atom stereocenters. The molecule has 0 radical (unpaired) electrons. The van der Waals surface area contributed by atoms with Gasteiger partial charge in [-0.05, 0) is 24.3 Å². The molecule has 10 heteroatoms. The second-order valence-corrected chi connectivity index (χ2v) is 7.78. The number of nitrogens with zero attached hydrogens (tertiary/aromatic N) is 2. The van der Waals surface area contributed by atoms with Gasteiger partial charge in [-0.15, -0.1) is 11.3 Å². The topological polar surface area (TPSA) is 85.1 Å². The van der Waals surface area contributed by atoms with E-state index in [-0.39, 0.29) is 20.7 Å². The zero-order valence-electron chi connectivity index (χ0n) is 11.6. The number of hydrogen-bond donors (Lipinski definition) is 1. The Balaban J connectivity index is 1.89. The highest BCUT2D eigenvalue weighted by Gasteiger charge is 2.20. The fourth-order valence-electron chi connectivity index (χ4n) is 1.76. The van der Waals surface area contributed by atoms with E-state index < -0.39 is 15.8 Å². The molecular formula is C13H9ClFN3O3S2. The number of nitrogens with one attached hydrogen (secondary N) is 1. The highest BCUT2D eigenvalue weighted by atomic mass is 35.5. The molecular weight excluding hydrogens is 365 g/mol. The van der Waals surface area contributed by atoms with Gasteiger partial charge in [0, 0.05) is 22.9 Å². The summed E-state index contributed by atoms with van der Waals surface area (Å²) in [7, 11) is -3.93. The molecule has 120 valence electrons. The van der Waals surface area contributed by atoms with Gasteiger partial charge >= 0.3 is 0 Å². The average Bonchev–Trinajstić information content (AvgIpc) is 3.10. The van der Waals surface area contributed by atoms with Crippen LogP contribution < -0.4 is 4.72 Å². The Kier molecular flexibility index (Phi) is 4.09. The van der Waals surface area contributed by atoms with Crippen LogP contribution in [0.2, 0.25) is 5.02 Å². The molecule has 0 amide bonds. The first-order valence-corrected chi connectivity index (χ1v) is 8.96. The number of benzene rings is 1. The van der Waals surface area contributed by atoms with Crippen LogP contribution in [-0.4, -0.2) is 18.6 Å². The first-order chi connectivity index (χ1) is 10.8. The average molecular weight is 374 g/mol. The Hall–Kier alpha value is -1.97. The van der Waals surface area contributed by atoms with Crippen molar-refractivity contribution in [1.82, 2.24) is 10.1 Å². The molecule has 0 atom stereocenters. The highest BCUT2D eigenvalue weighted by molar-refractivity contribution is 7.94. The lowest BCUT2D eigenvalue weighted by Crippen LogP contribution is -2.12. The number of sulfonamides is 1. The molecule has 0 aliphatic rings. The maximum Gasteiger partial charge on any atom is 0.271 e. The molecule has 0 bridgehead atoms. The standard InChI is InChI=1S/C13H9ClFN3O3S2/c1-7-16-13(17-21-7)8-4-12(22-6-8)23(19,20)18-11-3-2-9(14)5-10(11)15/h2-6,18H,1H3. The normalized spacial score (nSPS) is 11.6. The lowest BCUT2D eigenvalue weighted by Gasteiger charge is -2.07. The van der Waals surface area contributed by atoms with Crippen LogP contribution in [0.1, 0.15) is 5.89 Å². The Morgan fingerprint density at radius 2 is 2.13 bits per heavy atom. The maximum absolute atomic E-state index is 13.7. The maximum atomic E-state index is 13.7. The highest BCUT2D eigenvalue weighted by Crippen LogP contribution is 2.29. The molecule has 0 saturated heterocycles. The predicted octanol–water partition coefficient (Wildman–Crippen LogP) is 3.70. The van der Waals surface area contributed by atoms with Crippen molar-refractivity contribution in [2.24, 2.45) is 0 Å². The van der Waals surface area contributed by atoms with Crippen LogP contribution in [0.25, 0.3) is 11.4 Å². The van der Waals surface area contributed by atoms with Crippen molar-refractivity contribution in [1.29, 1.82) is 0 Å². The van der Waals surface area contributed by atoms with Crippen molar-refractivity contribution >= 4 is 38.6 Å². The molecule has 0 fully saturated rings. The van der Waals surface area contributed by atoms with Crippen molar-refractivity contribution in [3.63, 3.8) is 0 Å². The molecule has 0 saturated carbocycles. The molecule has 23 heavy (non-hydrogen) atoms. The number of aryl methyl sites for hydroxylation is 1. The monoisotopic (exact) mass is 373 g/mol. The minimum Gasteiger partial charge on any atom is -0.339 e. The molecule has 3 aromatic rings. The van der Waals surface area contributed by atoms with Gasteiger partial charge in [-0.2, -0.15) is 4.98 Å². The van der Waals surface area contributed by atoms with Crippen LogP contribution in [0.3, 0.4) is 0 Å². The Labute approximate surface area is 140 Å². The van der Waals surface area contributed by atoms with Crippen molar-refractivity contribution in [2.75, 3.05) is 4.72 Å². The summed E-state index contributed by atoms with van der Waals surface area (Å²) in [5, 5.41) is 5.48. The third-order valence-corrected chi connectivity index (χ3v) is 5.84. The van der Waals surface area contributed by atoms with E-state index in [4.69, 9.17) is 16.1 Å². The Morgan fingerprint density at radius 1 is 1.35 bits per heavy atom. The number of halogens is 2. The molecule has 6 nitrogen and oxygen atoms in total. The number of rotatable bonds is 4. The minimum absolute atomic E-state index is 0.00398. The van der Waals surface area contributed by atoms with Gasteiger partial charge in [0.25, 0.3) is 10.0 Å². The van der Waals surface area contributed by atoms with Crippen molar-refractivity contribution in [3.05, 3.63) is 46.4 Å². The smallest absolute Gasteiger partial charge is 0.271 e. The second-order valence-electron chi connectivity index (χ2n) is 4.52. The third kappa shape index (κ3) is 3.36. The summed E-state index contributed by atoms with van der Waals surface area (Å²) < 4.78 is 45.4. The molecule has 1 aromatic carbocycles. The number of thiophene rings is 1. The molecule has 2 aromatic heterocycles. The van der Waals surface area contributed by atoms with E-state index in [1.807, 2.05) is 0 Å². The van der Waals surface area contributed by atoms with Gasteiger partial charge in [0.15, 0.2) is 0 Å². The van der Waals surface area contributed by atoms with Gasteiger partial charge in [-0.25, -0.2) is 12.8 Å². The van der Waals surface area contributed by atoms with E-state index in [1.165, 1.54) is 18.2 Å². The van der Waals surface area contributed by atoms with Gasteiger partial charge in [0.05, 0.1) is 5.69 Å². The summed E-state index contributed by atoms with van der Waals surface area (Å²) >= 11 is 6.61. The number of anilines is 1. The van der Waals surface area contributed by atoms with E-state index in [1.54, 1.807) is 12.3 Å². The summed E-state index contributed by atoms with van der Waals surface area (Å²) in [5.41, 5.74) is 0.323. The third-order valence-electron chi connectivity index (χ3n) is 2.80. The van der Waals surface area contributed by atoms with Crippen molar-refractivity contribution in [3.8, 4) is 11.4 Å². The van der Waals surface area contributed by atoms with Crippen LogP contribution in [0.15, 0.2) is 38.4 Å². The van der Waals surface area contributed by atoms with Gasteiger partial charge in [-0.3, -0.25) is 4.72 Å². The lowest BCUT2D eigenvalue weighted by molar-refractivity contribution is 0.394. The molecule has 0 aliphatic heterocycles. The zero-order valence-corrected chi connectivity index (χ0v) is 14.0. The summed E-state index contributed by atoms with van der Waals surface area (Å²) in [4.78, 5) is 4.02. The molecule has 0 spiro atoms.